The summed E-state index contributed by atoms with van der Waals surface area (Å²) in [7, 11) is 0. The highest BCUT2D eigenvalue weighted by atomic mass is 32.2. The molecule has 0 aliphatic rings. The standard InChI is InChI=1S/C11H14OS/c1-10(12)6-5-9-13-11-7-3-2-4-8-11/h2-4,7-8H,5-6,9H2,1H3/i6+1. The number of carbonyl (C=O) groups is 1. The predicted molar refractivity (Wildman–Crippen MR) is 57.1 cm³/mol. The van der Waals surface area contributed by atoms with Crippen molar-refractivity contribution in [2.24, 2.45) is 0 Å². The van der Waals surface area contributed by atoms with Gasteiger partial charge >= 0.3 is 0 Å². The molecule has 70 valence electrons. The quantitative estimate of drug-likeness (QED) is 0.408. The summed E-state index contributed by atoms with van der Waals surface area (Å²) in [5.74, 6) is 1.32. The van der Waals surface area contributed by atoms with Crippen LogP contribution < -0.4 is 0 Å². The maximum Gasteiger partial charge on any atom is 0.129 e. The molecule has 2 heteroatoms. The zero-order valence-corrected chi connectivity index (χ0v) is 8.64. The first-order valence-electron chi connectivity index (χ1n) is 4.46. The summed E-state index contributed by atoms with van der Waals surface area (Å²) < 4.78 is 0. The molecular weight excluding hydrogens is 181 g/mol. The van der Waals surface area contributed by atoms with Crippen LogP contribution in [-0.4, -0.2) is 11.5 Å². The lowest BCUT2D eigenvalue weighted by Gasteiger charge is -1.99. The molecule has 0 bridgehead atoms. The van der Waals surface area contributed by atoms with Crippen LogP contribution in [0.1, 0.15) is 19.8 Å². The van der Waals surface area contributed by atoms with Gasteiger partial charge in [-0.1, -0.05) is 18.2 Å². The molecule has 0 N–H and O–H groups in total. The topological polar surface area (TPSA) is 17.1 Å². The molecule has 1 rings (SSSR count). The monoisotopic (exact) mass is 195 g/mol. The van der Waals surface area contributed by atoms with Gasteiger partial charge in [0.25, 0.3) is 0 Å². The summed E-state index contributed by atoms with van der Waals surface area (Å²) in [6.07, 6.45) is 1.69. The summed E-state index contributed by atoms with van der Waals surface area (Å²) in [5, 5.41) is 0. The first-order chi connectivity index (χ1) is 6.29. The number of hydrogen-bond donors (Lipinski definition) is 0. The molecule has 1 nitrogen and oxygen atoms in total. The Morgan fingerprint density at radius 3 is 2.62 bits per heavy atom. The van der Waals surface area contributed by atoms with Gasteiger partial charge in [0, 0.05) is 11.3 Å². The van der Waals surface area contributed by atoms with E-state index in [0.717, 1.165) is 12.2 Å². The van der Waals surface area contributed by atoms with E-state index in [2.05, 4.69) is 12.1 Å². The van der Waals surface area contributed by atoms with Crippen molar-refractivity contribution in [3.05, 3.63) is 30.3 Å². The highest BCUT2D eigenvalue weighted by Gasteiger charge is 1.95. The fourth-order valence-electron chi connectivity index (χ4n) is 1.03. The van der Waals surface area contributed by atoms with E-state index in [1.807, 2.05) is 30.0 Å². The normalized spacial score (nSPS) is 9.92. The minimum Gasteiger partial charge on any atom is -0.300 e. The Kier molecular flexibility index (Phi) is 4.61. The Balaban J connectivity index is 2.17. The molecule has 0 spiro atoms. The van der Waals surface area contributed by atoms with E-state index >= 15 is 0 Å². The van der Waals surface area contributed by atoms with Crippen molar-refractivity contribution in [1.29, 1.82) is 0 Å². The maximum absolute atomic E-state index is 10.6. The summed E-state index contributed by atoms with van der Waals surface area (Å²) >= 11 is 1.81. The number of rotatable bonds is 5. The van der Waals surface area contributed by atoms with Crippen molar-refractivity contribution < 1.29 is 4.79 Å². The average molecular weight is 195 g/mol. The van der Waals surface area contributed by atoms with Gasteiger partial charge in [-0.2, -0.15) is 0 Å². The molecule has 0 amide bonds. The van der Waals surface area contributed by atoms with E-state index in [1.165, 1.54) is 4.90 Å². The maximum atomic E-state index is 10.6. The summed E-state index contributed by atoms with van der Waals surface area (Å²) in [5.41, 5.74) is 0. The first-order valence-corrected chi connectivity index (χ1v) is 5.45. The Hall–Kier alpha value is -0.760. The second-order valence-corrected chi connectivity index (χ2v) is 4.14. The molecule has 1 aromatic carbocycles. The van der Waals surface area contributed by atoms with Gasteiger partial charge in [-0.3, -0.25) is 0 Å². The molecule has 0 fully saturated rings. The lowest BCUT2D eigenvalue weighted by molar-refractivity contribution is -0.117. The number of thioether (sulfide) groups is 1. The van der Waals surface area contributed by atoms with Crippen molar-refractivity contribution >= 4 is 17.5 Å². The van der Waals surface area contributed by atoms with E-state index in [4.69, 9.17) is 0 Å². The zero-order valence-electron chi connectivity index (χ0n) is 7.82. The Morgan fingerprint density at radius 1 is 1.31 bits per heavy atom. The molecule has 1 aromatic rings. The van der Waals surface area contributed by atoms with Crippen LogP contribution in [0.2, 0.25) is 0 Å². The average Bonchev–Trinajstić information content (AvgIpc) is 2.14. The van der Waals surface area contributed by atoms with Crippen molar-refractivity contribution in [3.8, 4) is 0 Å². The molecule has 0 radical (unpaired) electrons. The third-order valence-corrected chi connectivity index (χ3v) is 2.78. The lowest BCUT2D eigenvalue weighted by atomic mass is 10.4. The van der Waals surface area contributed by atoms with Crippen LogP contribution >= 0.6 is 11.8 Å². The largest absolute Gasteiger partial charge is 0.300 e. The van der Waals surface area contributed by atoms with Gasteiger partial charge < -0.3 is 4.79 Å². The summed E-state index contributed by atoms with van der Waals surface area (Å²) in [6.45, 7) is 1.65. The molecule has 0 aliphatic carbocycles. The predicted octanol–water partition coefficient (Wildman–Crippen LogP) is 3.15. The molecule has 0 atom stereocenters. The van der Waals surface area contributed by atoms with Crippen LogP contribution in [-0.2, 0) is 4.79 Å². The molecule has 0 aromatic heterocycles. The van der Waals surface area contributed by atoms with Crippen molar-refractivity contribution in [3.63, 3.8) is 0 Å². The second kappa shape index (κ2) is 5.81. The number of ketones is 1. The highest BCUT2D eigenvalue weighted by molar-refractivity contribution is 7.99. The Bertz CT molecular complexity index is 256. The molecule has 0 aliphatic heterocycles. The van der Waals surface area contributed by atoms with E-state index in [0.29, 0.717) is 6.42 Å². The lowest BCUT2D eigenvalue weighted by Crippen LogP contribution is -1.90. The fraction of sp³-hybridized carbons (Fsp3) is 0.364. The molecule has 0 heterocycles. The second-order valence-electron chi connectivity index (χ2n) is 2.97. The van der Waals surface area contributed by atoms with Crippen LogP contribution in [0.4, 0.5) is 0 Å². The Labute approximate surface area is 83.5 Å². The Morgan fingerprint density at radius 2 is 2.00 bits per heavy atom. The van der Waals surface area contributed by atoms with Crippen LogP contribution in [0, 0.1) is 0 Å². The van der Waals surface area contributed by atoms with Gasteiger partial charge in [0.2, 0.25) is 0 Å². The van der Waals surface area contributed by atoms with Gasteiger partial charge in [0.15, 0.2) is 0 Å². The van der Waals surface area contributed by atoms with Crippen molar-refractivity contribution in [1.82, 2.24) is 0 Å². The minimum absolute atomic E-state index is 0.286. The first kappa shape index (κ1) is 10.3. The van der Waals surface area contributed by atoms with Gasteiger partial charge in [0.1, 0.15) is 5.78 Å². The molecule has 13 heavy (non-hydrogen) atoms. The number of hydrogen-bond acceptors (Lipinski definition) is 2. The van der Waals surface area contributed by atoms with E-state index < -0.39 is 0 Å². The fourth-order valence-corrected chi connectivity index (χ4v) is 1.90. The van der Waals surface area contributed by atoms with Crippen LogP contribution in [0.25, 0.3) is 0 Å². The molecule has 0 saturated heterocycles. The highest BCUT2D eigenvalue weighted by Crippen LogP contribution is 2.18. The third-order valence-electron chi connectivity index (χ3n) is 1.69. The summed E-state index contributed by atoms with van der Waals surface area (Å²) in [6, 6.07) is 10.3. The van der Waals surface area contributed by atoms with Gasteiger partial charge in [-0.15, -0.1) is 11.8 Å². The zero-order chi connectivity index (χ0) is 9.52. The van der Waals surface area contributed by atoms with Crippen molar-refractivity contribution in [2.45, 2.75) is 24.7 Å². The number of carbonyl (C=O) groups excluding carboxylic acids is 1. The summed E-state index contributed by atoms with van der Waals surface area (Å²) in [4.78, 5) is 11.9. The molecular formula is C11H14OS. The van der Waals surface area contributed by atoms with Crippen molar-refractivity contribution in [2.75, 3.05) is 5.75 Å². The van der Waals surface area contributed by atoms with E-state index in [9.17, 15) is 4.79 Å². The van der Waals surface area contributed by atoms with E-state index in [-0.39, 0.29) is 5.78 Å². The number of benzene rings is 1. The minimum atomic E-state index is 0.286. The SMILES string of the molecule is CC(=O)[13CH2]CCSc1ccccc1. The van der Waals surface area contributed by atoms with Crippen LogP contribution in [0.3, 0.4) is 0 Å². The van der Waals surface area contributed by atoms with E-state index in [1.54, 1.807) is 6.92 Å². The van der Waals surface area contributed by atoms with Crippen LogP contribution in [0.5, 0.6) is 0 Å². The molecule has 0 unspecified atom stereocenters. The van der Waals surface area contributed by atoms with Gasteiger partial charge in [-0.05, 0) is 31.2 Å². The number of Topliss-reactive ketones (excluding diaryl/α,β-unsaturated/α-hetero) is 1. The third kappa shape index (κ3) is 4.73. The van der Waals surface area contributed by atoms with Gasteiger partial charge in [0.05, 0.1) is 0 Å². The molecule has 0 saturated carbocycles. The smallest absolute Gasteiger partial charge is 0.129 e. The van der Waals surface area contributed by atoms with Gasteiger partial charge in [-0.25, -0.2) is 0 Å². The van der Waals surface area contributed by atoms with Crippen LogP contribution in [0.15, 0.2) is 35.2 Å².